The van der Waals surface area contributed by atoms with Crippen LogP contribution in [-0.2, 0) is 18.3 Å². The number of aromatic nitrogens is 3. The molecule has 0 saturated carbocycles. The van der Waals surface area contributed by atoms with Gasteiger partial charge < -0.3 is 20.3 Å². The van der Waals surface area contributed by atoms with Gasteiger partial charge in [-0.05, 0) is 34.1 Å². The molecule has 0 bridgehead atoms. The highest BCUT2D eigenvalue weighted by atomic mass is 127. The lowest BCUT2D eigenvalue weighted by atomic mass is 10.2. The van der Waals surface area contributed by atoms with Gasteiger partial charge >= 0.3 is 6.09 Å². The summed E-state index contributed by atoms with van der Waals surface area (Å²) in [6.45, 7) is 8.77. The third kappa shape index (κ3) is 8.68. The lowest BCUT2D eigenvalue weighted by molar-refractivity contribution is 0.0230. The molecule has 26 heavy (non-hydrogen) atoms. The Bertz CT molecular complexity index is 583. The Kier molecular flexibility index (Phi) is 10.5. The molecule has 0 spiro atoms. The molecule has 0 fully saturated rings. The number of carbonyl (C=O) groups is 1. The second-order valence-electron chi connectivity index (χ2n) is 6.88. The average Bonchev–Trinajstić information content (AvgIpc) is 2.93. The van der Waals surface area contributed by atoms with Gasteiger partial charge in [-0.2, -0.15) is 5.10 Å². The van der Waals surface area contributed by atoms with Crippen LogP contribution in [0.1, 0.15) is 39.9 Å². The molecule has 1 atom stereocenters. The zero-order valence-corrected chi connectivity index (χ0v) is 19.1. The molecule has 1 rings (SSSR count). The number of nitrogens with one attached hydrogen (secondary N) is 2. The molecule has 0 radical (unpaired) electrons. The largest absolute Gasteiger partial charge is 0.444 e. The number of aliphatic imine (C=N–C) groups is 1. The van der Waals surface area contributed by atoms with Gasteiger partial charge in [0.05, 0.1) is 6.54 Å². The van der Waals surface area contributed by atoms with Crippen molar-refractivity contribution in [1.29, 1.82) is 0 Å². The van der Waals surface area contributed by atoms with Gasteiger partial charge in [0.2, 0.25) is 0 Å². The molecule has 1 heterocycles. The number of guanidine groups is 1. The van der Waals surface area contributed by atoms with Crippen molar-refractivity contribution in [2.24, 2.45) is 12.0 Å². The zero-order valence-electron chi connectivity index (χ0n) is 16.7. The molecule has 0 aliphatic carbocycles. The van der Waals surface area contributed by atoms with E-state index in [9.17, 15) is 4.79 Å². The van der Waals surface area contributed by atoms with Gasteiger partial charge in [0, 0.05) is 33.7 Å². The van der Waals surface area contributed by atoms with Crippen molar-refractivity contribution < 1.29 is 9.53 Å². The molecule has 0 aromatic carbocycles. The minimum Gasteiger partial charge on any atom is -0.444 e. The standard InChI is InChI=1S/C16H31N7O2.HI/c1-12(22(6)15(24)25-16(2,3)4)8-9-18-14(17-5)19-10-13-20-11-21-23(13)7;/h11-12H,8-10H2,1-7H3,(H2,17,18,19);1H. The Labute approximate surface area is 173 Å². The molecule has 10 heteroatoms. The molecule has 1 unspecified atom stereocenters. The van der Waals surface area contributed by atoms with Gasteiger partial charge in [-0.1, -0.05) is 0 Å². The summed E-state index contributed by atoms with van der Waals surface area (Å²) >= 11 is 0. The highest BCUT2D eigenvalue weighted by Gasteiger charge is 2.22. The summed E-state index contributed by atoms with van der Waals surface area (Å²) < 4.78 is 7.08. The molecule has 1 aromatic heterocycles. The molecule has 0 saturated heterocycles. The molecule has 1 amide bonds. The van der Waals surface area contributed by atoms with Crippen LogP contribution in [0.3, 0.4) is 0 Å². The molecule has 9 nitrogen and oxygen atoms in total. The van der Waals surface area contributed by atoms with E-state index >= 15 is 0 Å². The molecule has 2 N–H and O–H groups in total. The molecular weight excluding hydrogens is 449 g/mol. The van der Waals surface area contributed by atoms with Crippen LogP contribution in [0.4, 0.5) is 4.79 Å². The van der Waals surface area contributed by atoms with Crippen molar-refractivity contribution in [3.63, 3.8) is 0 Å². The van der Waals surface area contributed by atoms with Crippen LogP contribution in [0.15, 0.2) is 11.3 Å². The van der Waals surface area contributed by atoms with Crippen molar-refractivity contribution in [2.45, 2.75) is 52.3 Å². The first kappa shape index (κ1) is 24.4. The maximum absolute atomic E-state index is 12.1. The number of hydrogen-bond acceptors (Lipinski definition) is 5. The number of carbonyl (C=O) groups excluding carboxylic acids is 1. The Hall–Kier alpha value is -1.59. The topological polar surface area (TPSA) is 96.7 Å². The van der Waals surface area contributed by atoms with E-state index in [1.54, 1.807) is 23.7 Å². The van der Waals surface area contributed by atoms with Crippen molar-refractivity contribution in [3.05, 3.63) is 12.2 Å². The van der Waals surface area contributed by atoms with E-state index in [1.165, 1.54) is 6.33 Å². The van der Waals surface area contributed by atoms with Crippen molar-refractivity contribution in [1.82, 2.24) is 30.3 Å². The fourth-order valence-electron chi connectivity index (χ4n) is 1.97. The third-order valence-electron chi connectivity index (χ3n) is 3.64. The summed E-state index contributed by atoms with van der Waals surface area (Å²) in [5.41, 5.74) is -0.491. The Morgan fingerprint density at radius 3 is 2.58 bits per heavy atom. The van der Waals surface area contributed by atoms with E-state index < -0.39 is 5.60 Å². The quantitative estimate of drug-likeness (QED) is 0.365. The van der Waals surface area contributed by atoms with Gasteiger partial charge in [0.25, 0.3) is 0 Å². The predicted octanol–water partition coefficient (Wildman–Crippen LogP) is 1.74. The highest BCUT2D eigenvalue weighted by Crippen LogP contribution is 2.11. The first-order chi connectivity index (χ1) is 11.6. The average molecular weight is 481 g/mol. The maximum atomic E-state index is 12.1. The molecular formula is C16H32IN7O2. The number of hydrogen-bond donors (Lipinski definition) is 2. The monoisotopic (exact) mass is 481 g/mol. The number of halogens is 1. The van der Waals surface area contributed by atoms with Gasteiger partial charge in [-0.3, -0.25) is 9.67 Å². The fraction of sp³-hybridized carbons (Fsp3) is 0.750. The molecule has 1 aromatic rings. The van der Waals surface area contributed by atoms with E-state index in [2.05, 4.69) is 25.7 Å². The van der Waals surface area contributed by atoms with Crippen molar-refractivity contribution in [3.8, 4) is 0 Å². The summed E-state index contributed by atoms with van der Waals surface area (Å²) in [6.07, 6.45) is 1.96. The highest BCUT2D eigenvalue weighted by molar-refractivity contribution is 14.0. The zero-order chi connectivity index (χ0) is 19.0. The normalized spacial score (nSPS) is 12.8. The summed E-state index contributed by atoms with van der Waals surface area (Å²) in [4.78, 5) is 22.0. The smallest absolute Gasteiger partial charge is 0.410 e. The van der Waals surface area contributed by atoms with Crippen LogP contribution in [0.25, 0.3) is 0 Å². The lowest BCUT2D eigenvalue weighted by Crippen LogP contribution is -2.42. The van der Waals surface area contributed by atoms with Crippen molar-refractivity contribution >= 4 is 36.0 Å². The summed E-state index contributed by atoms with van der Waals surface area (Å²) in [5, 5.41) is 10.4. The number of rotatable bonds is 6. The first-order valence-electron chi connectivity index (χ1n) is 8.37. The molecule has 0 aliphatic rings. The second-order valence-corrected chi connectivity index (χ2v) is 6.88. The predicted molar refractivity (Wildman–Crippen MR) is 113 cm³/mol. The van der Waals surface area contributed by atoms with Gasteiger partial charge in [0.1, 0.15) is 17.8 Å². The Morgan fingerprint density at radius 1 is 1.42 bits per heavy atom. The second kappa shape index (κ2) is 11.2. The van der Waals surface area contributed by atoms with E-state index in [0.717, 1.165) is 12.2 Å². The summed E-state index contributed by atoms with van der Waals surface area (Å²) in [7, 11) is 5.30. The minimum absolute atomic E-state index is 0. The van der Waals surface area contributed by atoms with Crippen LogP contribution >= 0.6 is 24.0 Å². The molecule has 0 aliphatic heterocycles. The van der Waals surface area contributed by atoms with Gasteiger partial charge in [-0.15, -0.1) is 24.0 Å². The number of nitrogens with zero attached hydrogens (tertiary/aromatic N) is 5. The van der Waals surface area contributed by atoms with E-state index in [4.69, 9.17) is 4.74 Å². The van der Waals surface area contributed by atoms with Crippen LogP contribution < -0.4 is 10.6 Å². The number of amides is 1. The third-order valence-corrected chi connectivity index (χ3v) is 3.64. The number of aryl methyl sites for hydroxylation is 1. The van der Waals surface area contributed by atoms with Crippen molar-refractivity contribution in [2.75, 3.05) is 20.6 Å². The SMILES string of the molecule is CN=C(NCCC(C)N(C)C(=O)OC(C)(C)C)NCc1ncnn1C.I. The van der Waals surface area contributed by atoms with E-state index in [1.807, 2.05) is 34.7 Å². The minimum atomic E-state index is -0.491. The maximum Gasteiger partial charge on any atom is 0.410 e. The Balaban J connectivity index is 0.00000625. The summed E-state index contributed by atoms with van der Waals surface area (Å²) in [5.74, 6) is 1.50. The van der Waals surface area contributed by atoms with E-state index in [0.29, 0.717) is 19.0 Å². The summed E-state index contributed by atoms with van der Waals surface area (Å²) in [6, 6.07) is 0.0409. The van der Waals surface area contributed by atoms with Gasteiger partial charge in [-0.25, -0.2) is 9.78 Å². The van der Waals surface area contributed by atoms with Crippen LogP contribution in [-0.4, -0.2) is 64.0 Å². The van der Waals surface area contributed by atoms with Crippen LogP contribution in [0, 0.1) is 0 Å². The molecule has 150 valence electrons. The fourth-order valence-corrected chi connectivity index (χ4v) is 1.97. The van der Waals surface area contributed by atoms with Crippen LogP contribution in [0.5, 0.6) is 0 Å². The van der Waals surface area contributed by atoms with E-state index in [-0.39, 0.29) is 36.1 Å². The Morgan fingerprint density at radius 2 is 2.08 bits per heavy atom. The lowest BCUT2D eigenvalue weighted by Gasteiger charge is -2.28. The first-order valence-corrected chi connectivity index (χ1v) is 8.37. The van der Waals surface area contributed by atoms with Crippen LogP contribution in [0.2, 0.25) is 0 Å². The van der Waals surface area contributed by atoms with Gasteiger partial charge in [0.15, 0.2) is 5.96 Å². The number of ether oxygens (including phenoxy) is 1.